The number of esters is 3. The summed E-state index contributed by atoms with van der Waals surface area (Å²) in [5.41, 5.74) is 0. The zero-order valence-electron chi connectivity index (χ0n) is 50.4. The van der Waals surface area contributed by atoms with Gasteiger partial charge in [-0.05, 0) is 122 Å². The first kappa shape index (κ1) is 73.1. The number of unbranched alkanes of at least 4 members (excludes halogenated alkanes) is 29. The molecule has 0 rings (SSSR count). The number of ether oxygens (including phenoxy) is 3. The minimum absolute atomic E-state index is 0.0843. The van der Waals surface area contributed by atoms with E-state index in [4.69, 9.17) is 14.2 Å². The summed E-state index contributed by atoms with van der Waals surface area (Å²) < 4.78 is 16.9. The summed E-state index contributed by atoms with van der Waals surface area (Å²) in [5, 5.41) is 0. The van der Waals surface area contributed by atoms with Crippen LogP contribution in [0.3, 0.4) is 0 Å². The maximum absolute atomic E-state index is 12.9. The maximum Gasteiger partial charge on any atom is 0.306 e. The molecule has 0 saturated heterocycles. The Morgan fingerprint density at radius 2 is 0.532 bits per heavy atom. The smallest absolute Gasteiger partial charge is 0.306 e. The molecule has 0 aromatic heterocycles. The second-order valence-corrected chi connectivity index (χ2v) is 21.3. The van der Waals surface area contributed by atoms with E-state index in [9.17, 15) is 14.4 Å². The average Bonchev–Trinajstić information content (AvgIpc) is 3.43. The molecular formula is C71H120O6. The van der Waals surface area contributed by atoms with Crippen LogP contribution in [0, 0.1) is 0 Å². The van der Waals surface area contributed by atoms with Crippen LogP contribution in [0.25, 0.3) is 0 Å². The van der Waals surface area contributed by atoms with Gasteiger partial charge in [-0.1, -0.05) is 271 Å². The van der Waals surface area contributed by atoms with Crippen molar-refractivity contribution < 1.29 is 28.6 Å². The van der Waals surface area contributed by atoms with Gasteiger partial charge in [-0.2, -0.15) is 0 Å². The quantitative estimate of drug-likeness (QED) is 0.0261. The first-order valence-electron chi connectivity index (χ1n) is 32.4. The predicted molar refractivity (Wildman–Crippen MR) is 334 cm³/mol. The van der Waals surface area contributed by atoms with Crippen molar-refractivity contribution >= 4 is 17.9 Å². The Bertz CT molecular complexity index is 1560. The molecule has 0 radical (unpaired) electrons. The largest absolute Gasteiger partial charge is 0.462 e. The SMILES string of the molecule is CC/C=C\C/C=C\C/C=C\C/C=C\C/C=C\C/C=C\CCCCCCCCCCCCCCC(=O)OCC(COC(=O)CCCCCCC/C=C\CCC)OC(=O)CCCCCCCCC/C=C\C/C=C\CCCCCC. The summed E-state index contributed by atoms with van der Waals surface area (Å²) >= 11 is 0. The van der Waals surface area contributed by atoms with E-state index in [0.29, 0.717) is 19.3 Å². The Morgan fingerprint density at radius 1 is 0.273 bits per heavy atom. The summed E-state index contributed by atoms with van der Waals surface area (Å²) in [6, 6.07) is 0. The fourth-order valence-corrected chi connectivity index (χ4v) is 8.89. The molecule has 0 fully saturated rings. The van der Waals surface area contributed by atoms with Crippen LogP contribution in [0.5, 0.6) is 0 Å². The lowest BCUT2D eigenvalue weighted by Crippen LogP contribution is -2.30. The molecule has 77 heavy (non-hydrogen) atoms. The van der Waals surface area contributed by atoms with Crippen molar-refractivity contribution in [1.82, 2.24) is 0 Å². The lowest BCUT2D eigenvalue weighted by Gasteiger charge is -2.18. The van der Waals surface area contributed by atoms with Gasteiger partial charge in [0, 0.05) is 19.3 Å². The minimum atomic E-state index is -0.787. The first-order valence-corrected chi connectivity index (χ1v) is 32.4. The van der Waals surface area contributed by atoms with Crippen LogP contribution in [-0.4, -0.2) is 37.2 Å². The first-order chi connectivity index (χ1) is 38.0. The molecule has 0 aromatic rings. The molecule has 440 valence electrons. The number of carbonyl (C=O) groups excluding carboxylic acids is 3. The van der Waals surface area contributed by atoms with Crippen LogP contribution in [-0.2, 0) is 28.6 Å². The van der Waals surface area contributed by atoms with E-state index in [1.807, 2.05) is 0 Å². The molecule has 0 aliphatic rings. The molecule has 6 nitrogen and oxygen atoms in total. The third-order valence-corrected chi connectivity index (χ3v) is 13.7. The number of hydrogen-bond acceptors (Lipinski definition) is 6. The van der Waals surface area contributed by atoms with Gasteiger partial charge in [0.25, 0.3) is 0 Å². The summed E-state index contributed by atoms with van der Waals surface area (Å²) in [5.74, 6) is -0.898. The Kier molecular flexibility index (Phi) is 61.3. The van der Waals surface area contributed by atoms with E-state index < -0.39 is 6.10 Å². The molecule has 0 heterocycles. The molecule has 0 spiro atoms. The fourth-order valence-electron chi connectivity index (χ4n) is 8.89. The third kappa shape index (κ3) is 62.8. The van der Waals surface area contributed by atoms with Crippen LogP contribution >= 0.6 is 0 Å². The summed E-state index contributed by atoms with van der Waals surface area (Å²) in [4.78, 5) is 38.2. The van der Waals surface area contributed by atoms with Crippen molar-refractivity contribution in [2.45, 2.75) is 309 Å². The van der Waals surface area contributed by atoms with Crippen LogP contribution in [0.4, 0.5) is 0 Å². The van der Waals surface area contributed by atoms with E-state index >= 15 is 0 Å². The molecule has 1 unspecified atom stereocenters. The van der Waals surface area contributed by atoms with E-state index in [0.717, 1.165) is 122 Å². The second kappa shape index (κ2) is 64.6. The molecule has 6 heteroatoms. The monoisotopic (exact) mass is 1070 g/mol. The van der Waals surface area contributed by atoms with Gasteiger partial charge in [-0.3, -0.25) is 14.4 Å². The normalized spacial score (nSPS) is 12.8. The molecule has 0 aliphatic heterocycles. The topological polar surface area (TPSA) is 78.9 Å². The van der Waals surface area contributed by atoms with Gasteiger partial charge in [0.15, 0.2) is 6.10 Å². The van der Waals surface area contributed by atoms with Crippen LogP contribution in [0.1, 0.15) is 303 Å². The Balaban J connectivity index is 4.20. The van der Waals surface area contributed by atoms with Crippen molar-refractivity contribution in [3.05, 3.63) is 109 Å². The van der Waals surface area contributed by atoms with E-state index in [-0.39, 0.29) is 31.1 Å². The molecular weight excluding hydrogens is 949 g/mol. The zero-order chi connectivity index (χ0) is 55.7. The highest BCUT2D eigenvalue weighted by molar-refractivity contribution is 5.71. The summed E-state index contributed by atoms with van der Waals surface area (Å²) in [6.45, 7) is 6.45. The van der Waals surface area contributed by atoms with E-state index in [2.05, 4.69) is 130 Å². The zero-order valence-corrected chi connectivity index (χ0v) is 50.4. The highest BCUT2D eigenvalue weighted by Crippen LogP contribution is 2.16. The second-order valence-electron chi connectivity index (χ2n) is 21.3. The average molecular weight is 1070 g/mol. The highest BCUT2D eigenvalue weighted by Gasteiger charge is 2.19. The van der Waals surface area contributed by atoms with Crippen molar-refractivity contribution in [3.8, 4) is 0 Å². The van der Waals surface area contributed by atoms with Crippen molar-refractivity contribution in [1.29, 1.82) is 0 Å². The van der Waals surface area contributed by atoms with Gasteiger partial charge in [0.1, 0.15) is 13.2 Å². The molecule has 0 aromatic carbocycles. The van der Waals surface area contributed by atoms with Gasteiger partial charge in [0.2, 0.25) is 0 Å². The van der Waals surface area contributed by atoms with Crippen LogP contribution in [0.15, 0.2) is 109 Å². The molecule has 0 bridgehead atoms. The van der Waals surface area contributed by atoms with Crippen molar-refractivity contribution in [3.63, 3.8) is 0 Å². The lowest BCUT2D eigenvalue weighted by molar-refractivity contribution is -0.167. The summed E-state index contributed by atoms with van der Waals surface area (Å²) in [7, 11) is 0. The van der Waals surface area contributed by atoms with Gasteiger partial charge in [-0.25, -0.2) is 0 Å². The van der Waals surface area contributed by atoms with Gasteiger partial charge < -0.3 is 14.2 Å². The number of carbonyl (C=O) groups is 3. The minimum Gasteiger partial charge on any atom is -0.462 e. The standard InChI is InChI=1S/C71H120O6/c1-4-7-10-13-16-19-22-24-26-28-30-31-32-33-34-35-36-37-38-39-40-41-42-44-45-47-49-52-55-58-61-64-70(73)76-67-68(66-75-69(72)63-60-57-54-51-21-18-15-12-9-6-3)77-71(74)65-62-59-56-53-50-48-46-43-29-27-25-23-20-17-14-11-8-5-2/h7,10,12,15-16,19-20,23-24,26-27,29-31,33-34,36-37,68H,4-6,8-9,11,13-14,17-18,21-22,25,28,32,35,38-67H2,1-3H3/b10-7-,15-12-,19-16-,23-20-,26-24-,29-27-,31-30-,34-33-,37-36-. The number of hydrogen-bond donors (Lipinski definition) is 0. The summed E-state index contributed by atoms with van der Waals surface area (Å²) in [6.07, 6.45) is 88.2. The van der Waals surface area contributed by atoms with Gasteiger partial charge in [-0.15, -0.1) is 0 Å². The molecule has 0 saturated carbocycles. The highest BCUT2D eigenvalue weighted by atomic mass is 16.6. The van der Waals surface area contributed by atoms with Gasteiger partial charge >= 0.3 is 17.9 Å². The Labute approximate surface area is 476 Å². The molecule has 0 aliphatic carbocycles. The Morgan fingerprint density at radius 3 is 0.857 bits per heavy atom. The van der Waals surface area contributed by atoms with Gasteiger partial charge in [0.05, 0.1) is 0 Å². The van der Waals surface area contributed by atoms with Crippen LogP contribution in [0.2, 0.25) is 0 Å². The van der Waals surface area contributed by atoms with Crippen molar-refractivity contribution in [2.75, 3.05) is 13.2 Å². The van der Waals surface area contributed by atoms with E-state index in [1.165, 1.54) is 141 Å². The molecule has 0 amide bonds. The van der Waals surface area contributed by atoms with E-state index in [1.54, 1.807) is 0 Å². The number of allylic oxidation sites excluding steroid dienone is 18. The van der Waals surface area contributed by atoms with Crippen molar-refractivity contribution in [2.24, 2.45) is 0 Å². The predicted octanol–water partition coefficient (Wildman–Crippen LogP) is 22.2. The maximum atomic E-state index is 12.9. The fraction of sp³-hybridized carbons (Fsp3) is 0.704. The lowest BCUT2D eigenvalue weighted by atomic mass is 10.0. The van der Waals surface area contributed by atoms with Crippen LogP contribution < -0.4 is 0 Å². The molecule has 0 N–H and O–H groups in total. The Hall–Kier alpha value is -3.93. The number of rotatable bonds is 58. The molecule has 1 atom stereocenters. The third-order valence-electron chi connectivity index (χ3n) is 13.7.